The minimum absolute atomic E-state index is 0.199. The summed E-state index contributed by atoms with van der Waals surface area (Å²) in [4.78, 5) is 32.4. The highest BCUT2D eigenvalue weighted by molar-refractivity contribution is 5.80. The second kappa shape index (κ2) is 6.73. The van der Waals surface area contributed by atoms with Gasteiger partial charge in [-0.25, -0.2) is 4.79 Å². The molecule has 0 radical (unpaired) electrons. The maximum atomic E-state index is 11.7. The van der Waals surface area contributed by atoms with E-state index < -0.39 is 29.4 Å². The summed E-state index contributed by atoms with van der Waals surface area (Å²) < 4.78 is 0. The molecule has 2 atom stereocenters. The molecule has 0 saturated heterocycles. The summed E-state index contributed by atoms with van der Waals surface area (Å²) in [6.07, 6.45) is 0.432. The van der Waals surface area contributed by atoms with E-state index in [1.54, 1.807) is 27.7 Å². The van der Waals surface area contributed by atoms with Gasteiger partial charge < -0.3 is 5.11 Å². The lowest BCUT2D eigenvalue weighted by molar-refractivity contribution is -0.323. The summed E-state index contributed by atoms with van der Waals surface area (Å²) in [6.45, 7) is 10.6. The van der Waals surface area contributed by atoms with E-state index in [2.05, 4.69) is 4.89 Å². The molecule has 0 rings (SSSR count). The van der Waals surface area contributed by atoms with Crippen LogP contribution < -0.4 is 0 Å². The van der Waals surface area contributed by atoms with Gasteiger partial charge in [-0.3, -0.25) is 9.68 Å². The molecule has 0 saturated carbocycles. The van der Waals surface area contributed by atoms with Crippen LogP contribution in [0, 0.1) is 17.8 Å². The summed E-state index contributed by atoms with van der Waals surface area (Å²) in [5.74, 6) is -2.90. The zero-order valence-corrected chi connectivity index (χ0v) is 12.0. The predicted molar refractivity (Wildman–Crippen MR) is 66.7 cm³/mol. The summed E-state index contributed by atoms with van der Waals surface area (Å²) in [5.41, 5.74) is -0.605. The minimum atomic E-state index is -0.982. The average molecular weight is 260 g/mol. The third-order valence-electron chi connectivity index (χ3n) is 2.39. The lowest BCUT2D eigenvalue weighted by Crippen LogP contribution is -2.32. The van der Waals surface area contributed by atoms with Crippen molar-refractivity contribution in [3.05, 3.63) is 0 Å². The van der Waals surface area contributed by atoms with Gasteiger partial charge in [0.2, 0.25) is 0 Å². The Kier molecular flexibility index (Phi) is 6.32. The molecule has 0 aliphatic carbocycles. The Balaban J connectivity index is 4.52. The Morgan fingerprint density at radius 3 is 2.00 bits per heavy atom. The molecule has 18 heavy (non-hydrogen) atoms. The fourth-order valence-electron chi connectivity index (χ4n) is 1.43. The van der Waals surface area contributed by atoms with Crippen molar-refractivity contribution in [1.82, 2.24) is 0 Å². The molecule has 5 heteroatoms. The minimum Gasteiger partial charge on any atom is -0.481 e. The van der Waals surface area contributed by atoms with Gasteiger partial charge >= 0.3 is 11.9 Å². The molecule has 0 unspecified atom stereocenters. The van der Waals surface area contributed by atoms with Crippen LogP contribution in [0.4, 0.5) is 0 Å². The van der Waals surface area contributed by atoms with Gasteiger partial charge in [0.1, 0.15) is 5.60 Å². The predicted octanol–water partition coefficient (Wildman–Crippen LogP) is 2.64. The molecule has 0 heterocycles. The van der Waals surface area contributed by atoms with E-state index in [-0.39, 0.29) is 5.92 Å². The van der Waals surface area contributed by atoms with E-state index in [9.17, 15) is 9.59 Å². The van der Waals surface area contributed by atoms with Crippen molar-refractivity contribution >= 4 is 11.9 Å². The van der Waals surface area contributed by atoms with E-state index in [1.807, 2.05) is 13.8 Å². The molecular formula is C13H24O5. The van der Waals surface area contributed by atoms with Crippen molar-refractivity contribution in [2.75, 3.05) is 0 Å². The van der Waals surface area contributed by atoms with Crippen molar-refractivity contribution < 1.29 is 24.5 Å². The SMILES string of the molecule is CC(C)C[C@@H](C(=O)O)[C@H](C)C(=O)OOC(C)(C)C. The van der Waals surface area contributed by atoms with Crippen LogP contribution in [0.25, 0.3) is 0 Å². The molecule has 0 aromatic rings. The number of aliphatic carboxylic acids is 1. The first-order valence-electron chi connectivity index (χ1n) is 6.17. The van der Waals surface area contributed by atoms with Crippen LogP contribution in [-0.2, 0) is 19.4 Å². The van der Waals surface area contributed by atoms with Gasteiger partial charge in [0.25, 0.3) is 0 Å². The highest BCUT2D eigenvalue weighted by Crippen LogP contribution is 2.23. The van der Waals surface area contributed by atoms with Crippen LogP contribution in [0.15, 0.2) is 0 Å². The number of hydrogen-bond donors (Lipinski definition) is 1. The maximum absolute atomic E-state index is 11.7. The van der Waals surface area contributed by atoms with E-state index in [0.29, 0.717) is 6.42 Å². The van der Waals surface area contributed by atoms with Crippen molar-refractivity contribution in [3.8, 4) is 0 Å². The van der Waals surface area contributed by atoms with E-state index in [1.165, 1.54) is 0 Å². The summed E-state index contributed by atoms with van der Waals surface area (Å²) in [5, 5.41) is 9.12. The Labute approximate surface area is 108 Å². The monoisotopic (exact) mass is 260 g/mol. The molecule has 0 spiro atoms. The smallest absolute Gasteiger partial charge is 0.346 e. The van der Waals surface area contributed by atoms with Crippen LogP contribution in [0.1, 0.15) is 48.0 Å². The molecule has 0 bridgehead atoms. The van der Waals surface area contributed by atoms with Gasteiger partial charge in [-0.15, -0.1) is 0 Å². The molecule has 0 fully saturated rings. The molecule has 1 N–H and O–H groups in total. The number of carbonyl (C=O) groups is 2. The van der Waals surface area contributed by atoms with Crippen LogP contribution in [0.5, 0.6) is 0 Å². The normalized spacial score (nSPS) is 15.3. The van der Waals surface area contributed by atoms with Gasteiger partial charge in [0.05, 0.1) is 11.8 Å². The fourth-order valence-corrected chi connectivity index (χ4v) is 1.43. The fraction of sp³-hybridized carbons (Fsp3) is 0.846. The van der Waals surface area contributed by atoms with E-state index >= 15 is 0 Å². The largest absolute Gasteiger partial charge is 0.481 e. The van der Waals surface area contributed by atoms with E-state index in [4.69, 9.17) is 9.99 Å². The first-order chi connectivity index (χ1) is 8.04. The Morgan fingerprint density at radius 1 is 1.17 bits per heavy atom. The zero-order chi connectivity index (χ0) is 14.5. The molecule has 0 aromatic carbocycles. The van der Waals surface area contributed by atoms with Crippen LogP contribution >= 0.6 is 0 Å². The zero-order valence-electron chi connectivity index (χ0n) is 12.0. The quantitative estimate of drug-likeness (QED) is 0.587. The van der Waals surface area contributed by atoms with Gasteiger partial charge in [-0.2, -0.15) is 4.89 Å². The molecular weight excluding hydrogens is 236 g/mol. The van der Waals surface area contributed by atoms with Crippen LogP contribution in [0.3, 0.4) is 0 Å². The van der Waals surface area contributed by atoms with Gasteiger partial charge in [0, 0.05) is 0 Å². The Hall–Kier alpha value is -1.10. The Morgan fingerprint density at radius 2 is 1.67 bits per heavy atom. The first-order valence-corrected chi connectivity index (χ1v) is 6.17. The number of carboxylic acid groups (broad SMARTS) is 1. The second-order valence-electron chi connectivity index (χ2n) is 5.96. The molecule has 0 aliphatic rings. The molecule has 0 aliphatic heterocycles. The van der Waals surface area contributed by atoms with E-state index in [0.717, 1.165) is 0 Å². The maximum Gasteiger partial charge on any atom is 0.346 e. The Bertz CT molecular complexity index is 290. The standard InChI is InChI=1S/C13H24O5/c1-8(2)7-10(11(14)15)9(3)12(16)17-18-13(4,5)6/h8-10H,7H2,1-6H3,(H,14,15)/t9-,10+/m0/s1. The van der Waals surface area contributed by atoms with Crippen molar-refractivity contribution in [3.63, 3.8) is 0 Å². The number of carbonyl (C=O) groups excluding carboxylic acids is 1. The third-order valence-corrected chi connectivity index (χ3v) is 2.39. The third kappa shape index (κ3) is 6.59. The molecule has 0 amide bonds. The van der Waals surface area contributed by atoms with Crippen molar-refractivity contribution in [2.24, 2.45) is 17.8 Å². The van der Waals surface area contributed by atoms with Gasteiger partial charge in [-0.1, -0.05) is 20.8 Å². The topological polar surface area (TPSA) is 72.8 Å². The lowest BCUT2D eigenvalue weighted by Gasteiger charge is -2.22. The number of rotatable bonds is 6. The van der Waals surface area contributed by atoms with Crippen LogP contribution in [-0.4, -0.2) is 22.6 Å². The first kappa shape index (κ1) is 16.9. The molecule has 5 nitrogen and oxygen atoms in total. The summed E-state index contributed by atoms with van der Waals surface area (Å²) >= 11 is 0. The average Bonchev–Trinajstić information content (AvgIpc) is 2.19. The van der Waals surface area contributed by atoms with Crippen molar-refractivity contribution in [1.29, 1.82) is 0 Å². The lowest BCUT2D eigenvalue weighted by atomic mass is 9.87. The highest BCUT2D eigenvalue weighted by atomic mass is 17.2. The van der Waals surface area contributed by atoms with Crippen molar-refractivity contribution in [2.45, 2.75) is 53.6 Å². The van der Waals surface area contributed by atoms with Gasteiger partial charge in [-0.05, 0) is 33.1 Å². The second-order valence-corrected chi connectivity index (χ2v) is 5.96. The molecule has 0 aromatic heterocycles. The summed E-state index contributed by atoms with van der Waals surface area (Å²) in [6, 6.07) is 0. The number of carboxylic acids is 1. The highest BCUT2D eigenvalue weighted by Gasteiger charge is 2.33. The summed E-state index contributed by atoms with van der Waals surface area (Å²) in [7, 11) is 0. The van der Waals surface area contributed by atoms with Crippen LogP contribution in [0.2, 0.25) is 0 Å². The number of hydrogen-bond acceptors (Lipinski definition) is 4. The molecule has 106 valence electrons. The van der Waals surface area contributed by atoms with Gasteiger partial charge in [0.15, 0.2) is 0 Å².